The third-order valence-corrected chi connectivity index (χ3v) is 7.72. The third-order valence-electron chi connectivity index (χ3n) is 3.77. The normalized spacial score (nSPS) is 27.4. The largest absolute Gasteiger partial charge is 0.316 e. The number of hydrogen-bond donors (Lipinski definition) is 0. The molecule has 0 aliphatic carbocycles. The van der Waals surface area contributed by atoms with E-state index >= 15 is 0 Å². The quantitative estimate of drug-likeness (QED) is 0.773. The van der Waals surface area contributed by atoms with E-state index in [-0.39, 0.29) is 28.7 Å². The summed E-state index contributed by atoms with van der Waals surface area (Å²) in [5.74, 6) is -0.0932. The fourth-order valence-corrected chi connectivity index (χ4v) is 6.91. The van der Waals surface area contributed by atoms with Crippen molar-refractivity contribution in [3.05, 3.63) is 28.2 Å². The van der Waals surface area contributed by atoms with Crippen LogP contribution in [0, 0.1) is 0 Å². The number of amidine groups is 1. The van der Waals surface area contributed by atoms with E-state index in [2.05, 4.69) is 4.99 Å². The Labute approximate surface area is 149 Å². The summed E-state index contributed by atoms with van der Waals surface area (Å²) in [6, 6.07) is 4.84. The lowest BCUT2D eigenvalue weighted by Gasteiger charge is -2.24. The lowest BCUT2D eigenvalue weighted by Crippen LogP contribution is -2.37. The molecule has 0 bridgehead atoms. The van der Waals surface area contributed by atoms with Gasteiger partial charge >= 0.3 is 0 Å². The van der Waals surface area contributed by atoms with Gasteiger partial charge in [0.25, 0.3) is 0 Å². The SMILES string of the molecule is CCC(=O)N=C1S[C@H]2CS(=O)(=O)C[C@H]2N1c1ccc(Cl)c(Cl)c1. The summed E-state index contributed by atoms with van der Waals surface area (Å²) in [5, 5.41) is 1.19. The smallest absolute Gasteiger partial charge is 0.247 e. The number of thioether (sulfide) groups is 1. The molecule has 1 amide bonds. The summed E-state index contributed by atoms with van der Waals surface area (Å²) in [6.07, 6.45) is 0.299. The zero-order valence-corrected chi connectivity index (χ0v) is 15.3. The third kappa shape index (κ3) is 3.38. The van der Waals surface area contributed by atoms with Crippen LogP contribution in [0.2, 0.25) is 10.0 Å². The zero-order valence-electron chi connectivity index (χ0n) is 12.2. The Morgan fingerprint density at radius 2 is 2.09 bits per heavy atom. The van der Waals surface area contributed by atoms with E-state index in [9.17, 15) is 13.2 Å². The number of amides is 1. The van der Waals surface area contributed by atoms with Crippen LogP contribution in [0.5, 0.6) is 0 Å². The van der Waals surface area contributed by atoms with Crippen molar-refractivity contribution in [2.45, 2.75) is 24.6 Å². The van der Waals surface area contributed by atoms with Crippen molar-refractivity contribution in [1.29, 1.82) is 0 Å². The van der Waals surface area contributed by atoms with Crippen molar-refractivity contribution >= 4 is 61.6 Å². The average Bonchev–Trinajstić information content (AvgIpc) is 2.93. The number of carbonyl (C=O) groups excluding carboxylic acids is 1. The maximum atomic E-state index is 11.9. The molecule has 2 saturated heterocycles. The van der Waals surface area contributed by atoms with E-state index in [0.717, 1.165) is 0 Å². The van der Waals surface area contributed by atoms with Crippen LogP contribution in [-0.4, -0.2) is 42.3 Å². The molecule has 2 aliphatic heterocycles. The average molecular weight is 393 g/mol. The summed E-state index contributed by atoms with van der Waals surface area (Å²) in [5.41, 5.74) is 0.694. The van der Waals surface area contributed by atoms with Crippen LogP contribution in [0.3, 0.4) is 0 Å². The second-order valence-corrected chi connectivity index (χ2v) is 9.59. The minimum Gasteiger partial charge on any atom is -0.316 e. The van der Waals surface area contributed by atoms with Gasteiger partial charge in [-0.15, -0.1) is 0 Å². The van der Waals surface area contributed by atoms with Gasteiger partial charge in [0.2, 0.25) is 5.91 Å². The van der Waals surface area contributed by atoms with Gasteiger partial charge in [-0.25, -0.2) is 8.42 Å². The minimum absolute atomic E-state index is 0.0459. The topological polar surface area (TPSA) is 66.8 Å². The first-order valence-electron chi connectivity index (χ1n) is 7.03. The van der Waals surface area contributed by atoms with Gasteiger partial charge in [-0.2, -0.15) is 4.99 Å². The standard InChI is InChI=1S/C14H14Cl2N2O3S2/c1-2-13(19)17-14-18(8-3-4-9(15)10(16)5-8)11-6-23(20,21)7-12(11)22-14/h3-5,11-12H,2,6-7H2,1H3/t11-,12+/m1/s1. The van der Waals surface area contributed by atoms with E-state index in [1.807, 2.05) is 0 Å². The van der Waals surface area contributed by atoms with Crippen molar-refractivity contribution < 1.29 is 13.2 Å². The molecule has 5 nitrogen and oxygen atoms in total. The molecule has 3 rings (SSSR count). The molecule has 0 N–H and O–H groups in total. The van der Waals surface area contributed by atoms with Gasteiger partial charge in [-0.1, -0.05) is 41.9 Å². The van der Waals surface area contributed by atoms with Gasteiger partial charge in [0.1, 0.15) is 0 Å². The highest BCUT2D eigenvalue weighted by Crippen LogP contribution is 2.42. The predicted molar refractivity (Wildman–Crippen MR) is 95.5 cm³/mol. The highest BCUT2D eigenvalue weighted by Gasteiger charge is 2.49. The van der Waals surface area contributed by atoms with Crippen LogP contribution in [0.15, 0.2) is 23.2 Å². The second-order valence-electron chi connectivity index (χ2n) is 5.41. The molecule has 1 aromatic rings. The second kappa shape index (κ2) is 6.27. The Morgan fingerprint density at radius 1 is 1.35 bits per heavy atom. The molecule has 2 aliphatic rings. The van der Waals surface area contributed by atoms with Crippen LogP contribution >= 0.6 is 35.0 Å². The molecule has 0 spiro atoms. The minimum atomic E-state index is -3.08. The molecule has 23 heavy (non-hydrogen) atoms. The predicted octanol–water partition coefficient (Wildman–Crippen LogP) is 3.00. The van der Waals surface area contributed by atoms with Gasteiger partial charge in [0, 0.05) is 17.4 Å². The Balaban J connectivity index is 2.04. The Morgan fingerprint density at radius 3 is 2.74 bits per heavy atom. The molecule has 2 heterocycles. The molecule has 1 aromatic carbocycles. The van der Waals surface area contributed by atoms with Gasteiger partial charge in [0.05, 0.1) is 27.6 Å². The summed E-state index contributed by atoms with van der Waals surface area (Å²) in [7, 11) is -3.08. The number of nitrogens with zero attached hydrogens (tertiary/aromatic N) is 2. The van der Waals surface area contributed by atoms with Gasteiger partial charge < -0.3 is 4.90 Å². The van der Waals surface area contributed by atoms with E-state index in [4.69, 9.17) is 23.2 Å². The summed E-state index contributed by atoms with van der Waals surface area (Å²) < 4.78 is 23.9. The lowest BCUT2D eigenvalue weighted by atomic mass is 10.2. The van der Waals surface area contributed by atoms with Gasteiger partial charge in [-0.05, 0) is 18.2 Å². The first-order chi connectivity index (χ1) is 10.8. The van der Waals surface area contributed by atoms with Crippen LogP contribution in [0.25, 0.3) is 0 Å². The number of hydrogen-bond acceptors (Lipinski definition) is 4. The number of anilines is 1. The van der Waals surface area contributed by atoms with Gasteiger partial charge in [0.15, 0.2) is 15.0 Å². The molecule has 0 saturated carbocycles. The zero-order chi connectivity index (χ0) is 16.8. The molecule has 124 valence electrons. The highest BCUT2D eigenvalue weighted by atomic mass is 35.5. The Hall–Kier alpha value is -0.760. The fourth-order valence-electron chi connectivity index (χ4n) is 2.69. The van der Waals surface area contributed by atoms with Crippen LogP contribution in [0.1, 0.15) is 13.3 Å². The number of sulfone groups is 1. The maximum Gasteiger partial charge on any atom is 0.247 e. The molecule has 2 fully saturated rings. The van der Waals surface area contributed by atoms with Crippen molar-refractivity contribution in [1.82, 2.24) is 0 Å². The monoisotopic (exact) mass is 392 g/mol. The summed E-state index contributed by atoms with van der Waals surface area (Å²) in [4.78, 5) is 17.7. The Kier molecular flexibility index (Phi) is 4.66. The van der Waals surface area contributed by atoms with E-state index in [1.165, 1.54) is 11.8 Å². The molecular formula is C14H14Cl2N2O3S2. The molecular weight excluding hydrogens is 379 g/mol. The van der Waals surface area contributed by atoms with Crippen LogP contribution in [-0.2, 0) is 14.6 Å². The highest BCUT2D eigenvalue weighted by molar-refractivity contribution is 8.16. The molecule has 0 aromatic heterocycles. The lowest BCUT2D eigenvalue weighted by molar-refractivity contribution is -0.117. The molecule has 0 radical (unpaired) electrons. The van der Waals surface area contributed by atoms with Crippen LogP contribution in [0.4, 0.5) is 5.69 Å². The molecule has 2 atom stereocenters. The van der Waals surface area contributed by atoms with E-state index in [0.29, 0.717) is 27.3 Å². The summed E-state index contributed by atoms with van der Waals surface area (Å²) in [6.45, 7) is 1.74. The number of fused-ring (bicyclic) bond motifs is 1. The number of rotatable bonds is 2. The van der Waals surface area contributed by atoms with Crippen molar-refractivity contribution in [3.63, 3.8) is 0 Å². The Bertz CT molecular complexity index is 795. The first-order valence-corrected chi connectivity index (χ1v) is 10.5. The fraction of sp³-hybridized carbons (Fsp3) is 0.429. The van der Waals surface area contributed by atoms with Crippen molar-refractivity contribution in [3.8, 4) is 0 Å². The van der Waals surface area contributed by atoms with Crippen molar-refractivity contribution in [2.24, 2.45) is 4.99 Å². The maximum absolute atomic E-state index is 11.9. The molecule has 9 heteroatoms. The first kappa shape index (κ1) is 17.1. The number of aliphatic imine (C=N–C) groups is 1. The summed E-state index contributed by atoms with van der Waals surface area (Å²) >= 11 is 13.4. The van der Waals surface area contributed by atoms with E-state index < -0.39 is 9.84 Å². The number of benzene rings is 1. The number of halogens is 2. The van der Waals surface area contributed by atoms with Gasteiger partial charge in [-0.3, -0.25) is 4.79 Å². The van der Waals surface area contributed by atoms with E-state index in [1.54, 1.807) is 30.0 Å². The molecule has 0 unspecified atom stereocenters. The van der Waals surface area contributed by atoms with Crippen LogP contribution < -0.4 is 4.90 Å². The van der Waals surface area contributed by atoms with Crippen molar-refractivity contribution in [2.75, 3.05) is 16.4 Å². The number of carbonyl (C=O) groups is 1.